The summed E-state index contributed by atoms with van der Waals surface area (Å²) in [6.07, 6.45) is 6.68. The Morgan fingerprint density at radius 1 is 0.742 bits per heavy atom. The number of nitrogens with zero attached hydrogens (tertiary/aromatic N) is 1. The van der Waals surface area contributed by atoms with Crippen LogP contribution in [0.3, 0.4) is 0 Å². The van der Waals surface area contributed by atoms with Crippen molar-refractivity contribution in [2.45, 2.75) is 44.9 Å². The molecule has 5 heteroatoms. The fourth-order valence-corrected chi connectivity index (χ4v) is 4.70. The average molecular weight is 419 g/mol. The molecule has 2 aliphatic rings. The van der Waals surface area contributed by atoms with Crippen molar-refractivity contribution < 1.29 is 14.4 Å². The van der Waals surface area contributed by atoms with Crippen LogP contribution in [-0.4, -0.2) is 35.6 Å². The third-order valence-corrected chi connectivity index (χ3v) is 6.56. The zero-order chi connectivity index (χ0) is 21.6. The lowest BCUT2D eigenvalue weighted by molar-refractivity contribution is -0.120. The second-order valence-electron chi connectivity index (χ2n) is 8.70. The first-order valence-corrected chi connectivity index (χ1v) is 11.4. The van der Waals surface area contributed by atoms with Gasteiger partial charge in [-0.1, -0.05) is 55.7 Å². The molecule has 4 rings (SSSR count). The average Bonchev–Trinajstić information content (AvgIpc) is 2.84. The standard InChI is InChI=1S/C26H30N2O3/c29-24(19-8-3-1-4-9-19)20-14-16-28(17-15-20)26(31)22-12-7-13-23(18-22)27-25(30)21-10-5-2-6-11-21/h1,3-4,7-9,12-13,18,20-21H,2,5-6,10-11,14-17H2,(H,27,30). The highest BCUT2D eigenvalue weighted by Gasteiger charge is 2.28. The highest BCUT2D eigenvalue weighted by atomic mass is 16.2. The summed E-state index contributed by atoms with van der Waals surface area (Å²) >= 11 is 0. The summed E-state index contributed by atoms with van der Waals surface area (Å²) in [4.78, 5) is 40.0. The third kappa shape index (κ3) is 5.22. The number of amides is 2. The fraction of sp³-hybridized carbons (Fsp3) is 0.423. The van der Waals surface area contributed by atoms with E-state index in [1.807, 2.05) is 47.4 Å². The first-order chi connectivity index (χ1) is 15.1. The van der Waals surface area contributed by atoms with E-state index in [4.69, 9.17) is 0 Å². The lowest BCUT2D eigenvalue weighted by Crippen LogP contribution is -2.40. The number of anilines is 1. The van der Waals surface area contributed by atoms with Crippen LogP contribution in [0.4, 0.5) is 5.69 Å². The number of Topliss-reactive ketones (excluding diaryl/α,β-unsaturated/α-hetero) is 1. The van der Waals surface area contributed by atoms with Crippen LogP contribution in [0.15, 0.2) is 54.6 Å². The van der Waals surface area contributed by atoms with E-state index in [2.05, 4.69) is 5.32 Å². The number of piperidine rings is 1. The van der Waals surface area contributed by atoms with Gasteiger partial charge in [0.25, 0.3) is 5.91 Å². The molecule has 1 aliphatic carbocycles. The molecule has 2 amide bonds. The molecule has 5 nitrogen and oxygen atoms in total. The summed E-state index contributed by atoms with van der Waals surface area (Å²) in [5, 5.41) is 3.00. The molecule has 0 aromatic heterocycles. The van der Waals surface area contributed by atoms with Crippen LogP contribution in [-0.2, 0) is 4.79 Å². The van der Waals surface area contributed by atoms with Gasteiger partial charge in [-0.05, 0) is 43.9 Å². The highest BCUT2D eigenvalue weighted by Crippen LogP contribution is 2.26. The second-order valence-corrected chi connectivity index (χ2v) is 8.70. The summed E-state index contributed by atoms with van der Waals surface area (Å²) < 4.78 is 0. The van der Waals surface area contributed by atoms with Crippen molar-refractivity contribution in [1.29, 1.82) is 0 Å². The summed E-state index contributed by atoms with van der Waals surface area (Å²) in [5.41, 5.74) is 2.00. The minimum absolute atomic E-state index is 0.0347. The number of benzene rings is 2. The molecule has 1 N–H and O–H groups in total. The van der Waals surface area contributed by atoms with Crippen LogP contribution in [0.1, 0.15) is 65.7 Å². The number of rotatable bonds is 5. The topological polar surface area (TPSA) is 66.5 Å². The predicted octanol–water partition coefficient (Wildman–Crippen LogP) is 4.94. The molecule has 162 valence electrons. The van der Waals surface area contributed by atoms with Gasteiger partial charge in [-0.2, -0.15) is 0 Å². The number of hydrogen-bond acceptors (Lipinski definition) is 3. The smallest absolute Gasteiger partial charge is 0.253 e. The van der Waals surface area contributed by atoms with Gasteiger partial charge in [-0.15, -0.1) is 0 Å². The zero-order valence-corrected chi connectivity index (χ0v) is 17.9. The van der Waals surface area contributed by atoms with Crippen LogP contribution >= 0.6 is 0 Å². The molecule has 1 saturated heterocycles. The Kier molecular flexibility index (Phi) is 6.80. The number of nitrogens with one attached hydrogen (secondary N) is 1. The SMILES string of the molecule is O=C(Nc1cccc(C(=O)N2CCC(C(=O)c3ccccc3)CC2)c1)C1CCCCC1. The van der Waals surface area contributed by atoms with Crippen LogP contribution in [0, 0.1) is 11.8 Å². The quantitative estimate of drug-likeness (QED) is 0.700. The van der Waals surface area contributed by atoms with Crippen molar-refractivity contribution >= 4 is 23.3 Å². The van der Waals surface area contributed by atoms with E-state index >= 15 is 0 Å². The zero-order valence-electron chi connectivity index (χ0n) is 17.9. The molecule has 0 atom stereocenters. The second kappa shape index (κ2) is 9.90. The normalized spacial score (nSPS) is 17.9. The molecular formula is C26H30N2O3. The minimum atomic E-state index is -0.0422. The lowest BCUT2D eigenvalue weighted by Gasteiger charge is -2.31. The molecule has 1 aliphatic heterocycles. The Labute approximate surface area is 183 Å². The van der Waals surface area contributed by atoms with Gasteiger partial charge in [-0.3, -0.25) is 14.4 Å². The van der Waals surface area contributed by atoms with Gasteiger partial charge < -0.3 is 10.2 Å². The minimum Gasteiger partial charge on any atom is -0.339 e. The predicted molar refractivity (Wildman–Crippen MR) is 121 cm³/mol. The molecule has 1 heterocycles. The summed E-state index contributed by atoms with van der Waals surface area (Å²) in [6, 6.07) is 16.6. The number of carbonyl (C=O) groups is 3. The number of carbonyl (C=O) groups excluding carboxylic acids is 3. The van der Waals surface area contributed by atoms with E-state index in [9.17, 15) is 14.4 Å². The Balaban J connectivity index is 1.34. The molecular weight excluding hydrogens is 388 g/mol. The monoisotopic (exact) mass is 418 g/mol. The molecule has 2 aromatic carbocycles. The number of likely N-dealkylation sites (tertiary alicyclic amines) is 1. The number of hydrogen-bond donors (Lipinski definition) is 1. The van der Waals surface area contributed by atoms with E-state index in [1.165, 1.54) is 6.42 Å². The molecule has 0 radical (unpaired) electrons. The van der Waals surface area contributed by atoms with Crippen LogP contribution in [0.25, 0.3) is 0 Å². The van der Waals surface area contributed by atoms with Gasteiger partial charge in [-0.25, -0.2) is 0 Å². The van der Waals surface area contributed by atoms with Gasteiger partial charge in [0.2, 0.25) is 5.91 Å². The van der Waals surface area contributed by atoms with Gasteiger partial charge in [0.15, 0.2) is 5.78 Å². The Hall–Kier alpha value is -2.95. The number of ketones is 1. The van der Waals surface area contributed by atoms with Crippen LogP contribution in [0.5, 0.6) is 0 Å². The van der Waals surface area contributed by atoms with E-state index < -0.39 is 0 Å². The maximum Gasteiger partial charge on any atom is 0.253 e. The largest absolute Gasteiger partial charge is 0.339 e. The lowest BCUT2D eigenvalue weighted by atomic mass is 9.88. The maximum absolute atomic E-state index is 13.0. The van der Waals surface area contributed by atoms with Crippen molar-refractivity contribution in [2.24, 2.45) is 11.8 Å². The van der Waals surface area contributed by atoms with Crippen molar-refractivity contribution in [2.75, 3.05) is 18.4 Å². The highest BCUT2D eigenvalue weighted by molar-refractivity contribution is 5.99. The molecule has 2 fully saturated rings. The van der Waals surface area contributed by atoms with E-state index in [0.29, 0.717) is 37.2 Å². The Bertz CT molecular complexity index is 927. The summed E-state index contributed by atoms with van der Waals surface area (Å²) in [6.45, 7) is 1.14. The third-order valence-electron chi connectivity index (χ3n) is 6.56. The first-order valence-electron chi connectivity index (χ1n) is 11.4. The Morgan fingerprint density at radius 3 is 2.13 bits per heavy atom. The van der Waals surface area contributed by atoms with Crippen molar-refractivity contribution in [3.8, 4) is 0 Å². The van der Waals surface area contributed by atoms with E-state index in [0.717, 1.165) is 31.2 Å². The maximum atomic E-state index is 13.0. The van der Waals surface area contributed by atoms with E-state index in [-0.39, 0.29) is 29.4 Å². The van der Waals surface area contributed by atoms with Gasteiger partial charge in [0.1, 0.15) is 0 Å². The molecule has 0 bridgehead atoms. The summed E-state index contributed by atoms with van der Waals surface area (Å²) in [5.74, 6) is 0.228. The molecule has 0 spiro atoms. The van der Waals surface area contributed by atoms with Crippen LogP contribution < -0.4 is 5.32 Å². The molecule has 0 unspecified atom stereocenters. The Morgan fingerprint density at radius 2 is 1.42 bits per heavy atom. The van der Waals surface area contributed by atoms with Crippen LogP contribution in [0.2, 0.25) is 0 Å². The van der Waals surface area contributed by atoms with Gasteiger partial charge >= 0.3 is 0 Å². The molecule has 1 saturated carbocycles. The molecule has 31 heavy (non-hydrogen) atoms. The van der Waals surface area contributed by atoms with Gasteiger partial charge in [0, 0.05) is 41.7 Å². The van der Waals surface area contributed by atoms with Crippen molar-refractivity contribution in [3.63, 3.8) is 0 Å². The first kappa shape index (κ1) is 21.3. The van der Waals surface area contributed by atoms with Crippen molar-refractivity contribution in [3.05, 3.63) is 65.7 Å². The van der Waals surface area contributed by atoms with E-state index in [1.54, 1.807) is 12.1 Å². The molecule has 2 aromatic rings. The summed E-state index contributed by atoms with van der Waals surface area (Å²) in [7, 11) is 0. The fourth-order valence-electron chi connectivity index (χ4n) is 4.70. The van der Waals surface area contributed by atoms with Gasteiger partial charge in [0.05, 0.1) is 0 Å². The van der Waals surface area contributed by atoms with Crippen molar-refractivity contribution in [1.82, 2.24) is 4.90 Å².